The van der Waals surface area contributed by atoms with Crippen molar-refractivity contribution >= 4 is 36.1 Å². The molecule has 2 atom stereocenters. The SMILES string of the molecule is O=CO.SC1CCCCCCC1.c1ccc2c(c1)nc(N1CCCC1)n2C1CC2CCCC(C1)N2. The minimum atomic E-state index is -0.250. The van der Waals surface area contributed by atoms with Gasteiger partial charge >= 0.3 is 0 Å². The average molecular weight is 501 g/mol. The highest BCUT2D eigenvalue weighted by Crippen LogP contribution is 2.38. The Morgan fingerprint density at radius 2 is 1.49 bits per heavy atom. The average Bonchev–Trinajstić information content (AvgIpc) is 3.50. The second-order valence-electron chi connectivity index (χ2n) is 10.7. The first-order valence-electron chi connectivity index (χ1n) is 13.9. The standard InChI is InChI=1S/C19H26N4.C8H16S.CH2O2/c1-2-9-18-17(8-1)21-19(22-10-3-4-11-22)23(18)16-12-14-6-5-7-15(13-16)20-14;9-8-6-4-2-1-3-5-7-8;2-1-3/h1-2,8-9,14-16,20H,3-7,10-13H2;8-9H,1-7H2;1H,(H,2,3). The van der Waals surface area contributed by atoms with E-state index in [1.165, 1.54) is 114 Å². The lowest BCUT2D eigenvalue weighted by molar-refractivity contribution is -0.122. The molecular formula is C28H44N4O2S. The number of carboxylic acid groups (broad SMARTS) is 1. The highest BCUT2D eigenvalue weighted by atomic mass is 32.1. The number of piperidine rings is 2. The van der Waals surface area contributed by atoms with E-state index in [0.717, 1.165) is 5.52 Å². The lowest BCUT2D eigenvalue weighted by atomic mass is 9.84. The van der Waals surface area contributed by atoms with E-state index in [2.05, 4.69) is 51.7 Å². The molecule has 0 amide bonds. The number of thiol groups is 1. The van der Waals surface area contributed by atoms with Crippen LogP contribution >= 0.6 is 12.6 Å². The summed E-state index contributed by atoms with van der Waals surface area (Å²) in [5.74, 6) is 1.23. The lowest BCUT2D eigenvalue weighted by Gasteiger charge is -2.41. The van der Waals surface area contributed by atoms with Gasteiger partial charge in [-0.3, -0.25) is 4.79 Å². The molecule has 2 unspecified atom stereocenters. The molecule has 2 aromatic rings. The van der Waals surface area contributed by atoms with Gasteiger partial charge in [0.15, 0.2) is 0 Å². The van der Waals surface area contributed by atoms with Crippen molar-refractivity contribution in [3.8, 4) is 0 Å². The maximum absolute atomic E-state index is 8.36. The molecule has 4 fully saturated rings. The maximum atomic E-state index is 8.36. The number of fused-ring (bicyclic) bond motifs is 3. The van der Waals surface area contributed by atoms with E-state index < -0.39 is 0 Å². The Balaban J connectivity index is 0.000000202. The van der Waals surface area contributed by atoms with Crippen molar-refractivity contribution in [2.24, 2.45) is 0 Å². The quantitative estimate of drug-likeness (QED) is 0.338. The lowest BCUT2D eigenvalue weighted by Crippen LogP contribution is -2.49. The van der Waals surface area contributed by atoms with Crippen LogP contribution in [-0.4, -0.2) is 51.6 Å². The van der Waals surface area contributed by atoms with Crippen molar-refractivity contribution in [1.82, 2.24) is 14.9 Å². The largest absolute Gasteiger partial charge is 0.483 e. The van der Waals surface area contributed by atoms with Gasteiger partial charge in [-0.2, -0.15) is 12.6 Å². The van der Waals surface area contributed by atoms with Gasteiger partial charge in [0.1, 0.15) is 0 Å². The molecule has 1 aromatic carbocycles. The van der Waals surface area contributed by atoms with Crippen LogP contribution in [0.4, 0.5) is 5.95 Å². The summed E-state index contributed by atoms with van der Waals surface area (Å²) < 4.78 is 2.59. The van der Waals surface area contributed by atoms with Crippen LogP contribution in [-0.2, 0) is 4.79 Å². The fourth-order valence-electron chi connectivity index (χ4n) is 6.41. The van der Waals surface area contributed by atoms with Crippen molar-refractivity contribution < 1.29 is 9.90 Å². The number of anilines is 1. The Morgan fingerprint density at radius 1 is 0.886 bits per heavy atom. The summed E-state index contributed by atoms with van der Waals surface area (Å²) in [5, 5.41) is 11.4. The van der Waals surface area contributed by atoms with Crippen molar-refractivity contribution in [3.05, 3.63) is 24.3 Å². The van der Waals surface area contributed by atoms with E-state index in [4.69, 9.17) is 14.9 Å². The molecule has 6 nitrogen and oxygen atoms in total. The van der Waals surface area contributed by atoms with Gasteiger partial charge in [-0.15, -0.1) is 0 Å². The number of carbonyl (C=O) groups is 1. The molecule has 4 heterocycles. The molecule has 6 rings (SSSR count). The van der Waals surface area contributed by atoms with Gasteiger partial charge in [-0.25, -0.2) is 4.98 Å². The summed E-state index contributed by atoms with van der Waals surface area (Å²) in [7, 11) is 0. The highest BCUT2D eigenvalue weighted by molar-refractivity contribution is 7.80. The second kappa shape index (κ2) is 13.5. The number of para-hydroxylation sites is 2. The molecule has 2 N–H and O–H groups in total. The summed E-state index contributed by atoms with van der Waals surface area (Å²) >= 11 is 4.48. The van der Waals surface area contributed by atoms with Crippen LogP contribution in [0, 0.1) is 0 Å². The molecule has 3 saturated heterocycles. The summed E-state index contributed by atoms with van der Waals surface area (Å²) in [6, 6.07) is 10.7. The third kappa shape index (κ3) is 7.16. The molecule has 3 aliphatic heterocycles. The van der Waals surface area contributed by atoms with Crippen LogP contribution in [0.2, 0.25) is 0 Å². The molecule has 194 valence electrons. The molecule has 0 radical (unpaired) electrons. The van der Waals surface area contributed by atoms with Gasteiger partial charge in [0.05, 0.1) is 11.0 Å². The topological polar surface area (TPSA) is 70.4 Å². The molecule has 2 bridgehead atoms. The van der Waals surface area contributed by atoms with Crippen LogP contribution in [0.5, 0.6) is 0 Å². The van der Waals surface area contributed by atoms with Gasteiger partial charge in [-0.05, 0) is 63.5 Å². The predicted molar refractivity (Wildman–Crippen MR) is 148 cm³/mol. The zero-order valence-electron chi connectivity index (χ0n) is 21.2. The molecule has 35 heavy (non-hydrogen) atoms. The molecule has 1 saturated carbocycles. The molecular weight excluding hydrogens is 456 g/mol. The minimum absolute atomic E-state index is 0.250. The van der Waals surface area contributed by atoms with Crippen molar-refractivity contribution in [2.75, 3.05) is 18.0 Å². The normalized spacial score (nSPS) is 27.1. The number of hydrogen-bond acceptors (Lipinski definition) is 5. The third-order valence-electron chi connectivity index (χ3n) is 8.10. The number of hydrogen-bond donors (Lipinski definition) is 3. The molecule has 1 aromatic heterocycles. The van der Waals surface area contributed by atoms with E-state index >= 15 is 0 Å². The number of nitrogens with one attached hydrogen (secondary N) is 1. The number of rotatable bonds is 2. The van der Waals surface area contributed by atoms with Gasteiger partial charge in [-0.1, -0.05) is 50.7 Å². The Labute approximate surface area is 216 Å². The number of aromatic nitrogens is 2. The zero-order valence-corrected chi connectivity index (χ0v) is 22.0. The Kier molecular flexibility index (Phi) is 10.2. The molecule has 4 aliphatic rings. The van der Waals surface area contributed by atoms with Crippen molar-refractivity contribution in [3.63, 3.8) is 0 Å². The van der Waals surface area contributed by atoms with Crippen molar-refractivity contribution in [1.29, 1.82) is 0 Å². The van der Waals surface area contributed by atoms with Crippen molar-refractivity contribution in [2.45, 2.75) is 113 Å². The highest BCUT2D eigenvalue weighted by Gasteiger charge is 2.34. The first-order chi connectivity index (χ1) is 17.2. The van der Waals surface area contributed by atoms with E-state index in [1.807, 2.05) is 0 Å². The number of benzene rings is 1. The Morgan fingerprint density at radius 3 is 2.14 bits per heavy atom. The third-order valence-corrected chi connectivity index (χ3v) is 8.61. The summed E-state index contributed by atoms with van der Waals surface area (Å²) in [6.45, 7) is 2.09. The van der Waals surface area contributed by atoms with E-state index in [0.29, 0.717) is 23.4 Å². The monoisotopic (exact) mass is 500 g/mol. The Bertz CT molecular complexity index is 893. The van der Waals surface area contributed by atoms with Gasteiger partial charge in [0.25, 0.3) is 6.47 Å². The molecule has 1 aliphatic carbocycles. The summed E-state index contributed by atoms with van der Waals surface area (Å²) in [5.41, 5.74) is 2.50. The first kappa shape index (κ1) is 26.3. The first-order valence-corrected chi connectivity index (χ1v) is 14.4. The molecule has 7 heteroatoms. The second-order valence-corrected chi connectivity index (χ2v) is 11.4. The van der Waals surface area contributed by atoms with Gasteiger partial charge in [0.2, 0.25) is 5.95 Å². The minimum Gasteiger partial charge on any atom is -0.483 e. The van der Waals surface area contributed by atoms with E-state index in [1.54, 1.807) is 0 Å². The Hall–Kier alpha value is -1.73. The number of imidazole rings is 1. The van der Waals surface area contributed by atoms with Crippen LogP contribution in [0.3, 0.4) is 0 Å². The van der Waals surface area contributed by atoms with Crippen LogP contribution < -0.4 is 10.2 Å². The smallest absolute Gasteiger partial charge is 0.290 e. The van der Waals surface area contributed by atoms with Gasteiger partial charge in [0, 0.05) is 36.5 Å². The maximum Gasteiger partial charge on any atom is 0.290 e. The fraction of sp³-hybridized carbons (Fsp3) is 0.714. The van der Waals surface area contributed by atoms with Crippen LogP contribution in [0.1, 0.15) is 95.9 Å². The zero-order chi connectivity index (χ0) is 24.5. The number of nitrogens with zero attached hydrogens (tertiary/aromatic N) is 3. The van der Waals surface area contributed by atoms with E-state index in [9.17, 15) is 0 Å². The van der Waals surface area contributed by atoms with Crippen LogP contribution in [0.15, 0.2) is 24.3 Å². The predicted octanol–water partition coefficient (Wildman–Crippen LogP) is 6.21. The van der Waals surface area contributed by atoms with Crippen LogP contribution in [0.25, 0.3) is 11.0 Å². The molecule has 0 spiro atoms. The van der Waals surface area contributed by atoms with E-state index in [-0.39, 0.29) is 6.47 Å². The summed E-state index contributed by atoms with van der Waals surface area (Å²) in [4.78, 5) is 15.9. The fourth-order valence-corrected chi connectivity index (χ4v) is 6.78. The summed E-state index contributed by atoms with van der Waals surface area (Å²) in [6.07, 6.45) is 19.1. The van der Waals surface area contributed by atoms with Gasteiger partial charge < -0.3 is 19.9 Å².